The summed E-state index contributed by atoms with van der Waals surface area (Å²) >= 11 is 0. The third-order valence-electron chi connectivity index (χ3n) is 4.29. The Morgan fingerprint density at radius 3 is 2.64 bits per heavy atom. The summed E-state index contributed by atoms with van der Waals surface area (Å²) in [6, 6.07) is 13.5. The van der Waals surface area contributed by atoms with Crippen LogP contribution in [0, 0.1) is 0 Å². The maximum atomic E-state index is 11.5. The zero-order chi connectivity index (χ0) is 17.6. The summed E-state index contributed by atoms with van der Waals surface area (Å²) in [6.45, 7) is 2.86. The molecule has 0 saturated heterocycles. The number of ether oxygens (including phenoxy) is 2. The third kappa shape index (κ3) is 3.85. The molecule has 0 bridgehead atoms. The lowest BCUT2D eigenvalue weighted by atomic mass is 10.0. The van der Waals surface area contributed by atoms with E-state index in [1.807, 2.05) is 42.5 Å². The van der Waals surface area contributed by atoms with Crippen LogP contribution in [-0.4, -0.2) is 25.0 Å². The van der Waals surface area contributed by atoms with E-state index in [4.69, 9.17) is 9.47 Å². The first-order chi connectivity index (χ1) is 12.2. The first-order valence-electron chi connectivity index (χ1n) is 8.64. The number of benzene rings is 2. The predicted octanol–water partition coefficient (Wildman–Crippen LogP) is 5.23. The Bertz CT molecular complexity index is 867. The molecule has 3 rings (SSSR count). The van der Waals surface area contributed by atoms with Crippen LogP contribution in [0.1, 0.15) is 36.5 Å². The van der Waals surface area contributed by atoms with Gasteiger partial charge in [0.05, 0.1) is 13.7 Å². The Labute approximate surface area is 147 Å². The van der Waals surface area contributed by atoms with Crippen LogP contribution < -0.4 is 9.47 Å². The molecule has 4 heteroatoms. The average Bonchev–Trinajstić information content (AvgIpc) is 3.08. The first kappa shape index (κ1) is 17.1. The molecule has 1 aromatic heterocycles. The number of carbonyl (C=O) groups is 1. The van der Waals surface area contributed by atoms with E-state index in [0.29, 0.717) is 12.2 Å². The SMILES string of the molecule is CCCCCOc1ccc(C=O)c(-c2cc3cc(OC)ccc3[nH]2)c1. The molecule has 1 heterocycles. The second-order valence-electron chi connectivity index (χ2n) is 6.06. The van der Waals surface area contributed by atoms with E-state index >= 15 is 0 Å². The number of aldehydes is 1. The van der Waals surface area contributed by atoms with Gasteiger partial charge >= 0.3 is 0 Å². The molecule has 130 valence electrons. The Morgan fingerprint density at radius 1 is 1.04 bits per heavy atom. The molecular formula is C21H23NO3. The zero-order valence-electron chi connectivity index (χ0n) is 14.7. The highest BCUT2D eigenvalue weighted by molar-refractivity contribution is 5.92. The van der Waals surface area contributed by atoms with Crippen molar-refractivity contribution in [2.24, 2.45) is 0 Å². The van der Waals surface area contributed by atoms with Crippen molar-refractivity contribution in [3.63, 3.8) is 0 Å². The second kappa shape index (κ2) is 7.88. The highest BCUT2D eigenvalue weighted by Crippen LogP contribution is 2.31. The molecule has 0 fully saturated rings. The van der Waals surface area contributed by atoms with Crippen molar-refractivity contribution < 1.29 is 14.3 Å². The molecule has 0 atom stereocenters. The molecule has 2 aromatic carbocycles. The number of aromatic amines is 1. The number of carbonyl (C=O) groups excluding carboxylic acids is 1. The Kier molecular flexibility index (Phi) is 5.39. The van der Waals surface area contributed by atoms with E-state index in [1.54, 1.807) is 7.11 Å². The Balaban J connectivity index is 1.92. The van der Waals surface area contributed by atoms with Gasteiger partial charge in [0.15, 0.2) is 6.29 Å². The third-order valence-corrected chi connectivity index (χ3v) is 4.29. The normalized spacial score (nSPS) is 10.8. The van der Waals surface area contributed by atoms with E-state index < -0.39 is 0 Å². The fraction of sp³-hybridized carbons (Fsp3) is 0.286. The fourth-order valence-corrected chi connectivity index (χ4v) is 2.89. The van der Waals surface area contributed by atoms with Crippen molar-refractivity contribution in [2.45, 2.75) is 26.2 Å². The van der Waals surface area contributed by atoms with Crippen molar-refractivity contribution in [1.29, 1.82) is 0 Å². The topological polar surface area (TPSA) is 51.3 Å². The van der Waals surface area contributed by atoms with Gasteiger partial charge in [-0.05, 0) is 48.9 Å². The molecule has 0 aliphatic heterocycles. The molecule has 0 aliphatic rings. The molecule has 0 saturated carbocycles. The summed E-state index contributed by atoms with van der Waals surface area (Å²) in [5.41, 5.74) is 3.38. The molecule has 0 unspecified atom stereocenters. The van der Waals surface area contributed by atoms with E-state index in [0.717, 1.165) is 59.2 Å². The number of hydrogen-bond donors (Lipinski definition) is 1. The van der Waals surface area contributed by atoms with Crippen LogP contribution in [0.3, 0.4) is 0 Å². The van der Waals surface area contributed by atoms with Gasteiger partial charge in [-0.3, -0.25) is 4.79 Å². The monoisotopic (exact) mass is 337 g/mol. The van der Waals surface area contributed by atoms with Gasteiger partial charge < -0.3 is 14.5 Å². The Hall–Kier alpha value is -2.75. The van der Waals surface area contributed by atoms with Crippen molar-refractivity contribution >= 4 is 17.2 Å². The average molecular weight is 337 g/mol. The van der Waals surface area contributed by atoms with Gasteiger partial charge in [0.25, 0.3) is 0 Å². The van der Waals surface area contributed by atoms with E-state index in [-0.39, 0.29) is 0 Å². The van der Waals surface area contributed by atoms with E-state index in [1.165, 1.54) is 0 Å². The van der Waals surface area contributed by atoms with Crippen LogP contribution in [-0.2, 0) is 0 Å². The molecular weight excluding hydrogens is 314 g/mol. The van der Waals surface area contributed by atoms with Gasteiger partial charge in [0.2, 0.25) is 0 Å². The van der Waals surface area contributed by atoms with Crippen molar-refractivity contribution in [1.82, 2.24) is 4.98 Å². The van der Waals surface area contributed by atoms with Crippen LogP contribution in [0.4, 0.5) is 0 Å². The number of H-pyrrole nitrogens is 1. The number of fused-ring (bicyclic) bond motifs is 1. The van der Waals surface area contributed by atoms with Crippen LogP contribution in [0.2, 0.25) is 0 Å². The summed E-state index contributed by atoms with van der Waals surface area (Å²) in [5.74, 6) is 1.59. The number of aromatic nitrogens is 1. The van der Waals surface area contributed by atoms with Crippen molar-refractivity contribution in [3.8, 4) is 22.8 Å². The lowest BCUT2D eigenvalue weighted by Gasteiger charge is -2.09. The molecule has 0 spiro atoms. The van der Waals surface area contributed by atoms with Crippen LogP contribution >= 0.6 is 0 Å². The summed E-state index contributed by atoms with van der Waals surface area (Å²) < 4.78 is 11.1. The smallest absolute Gasteiger partial charge is 0.150 e. The summed E-state index contributed by atoms with van der Waals surface area (Å²) in [5, 5.41) is 1.04. The van der Waals surface area contributed by atoms with Gasteiger partial charge in [0, 0.05) is 27.7 Å². The first-order valence-corrected chi connectivity index (χ1v) is 8.64. The molecule has 0 radical (unpaired) electrons. The highest BCUT2D eigenvalue weighted by Gasteiger charge is 2.10. The number of hydrogen-bond acceptors (Lipinski definition) is 3. The maximum Gasteiger partial charge on any atom is 0.150 e. The van der Waals surface area contributed by atoms with Crippen LogP contribution in [0.15, 0.2) is 42.5 Å². The molecule has 25 heavy (non-hydrogen) atoms. The van der Waals surface area contributed by atoms with Crippen molar-refractivity contribution in [3.05, 3.63) is 48.0 Å². The molecule has 4 nitrogen and oxygen atoms in total. The lowest BCUT2D eigenvalue weighted by molar-refractivity contribution is 0.112. The van der Waals surface area contributed by atoms with Crippen LogP contribution in [0.5, 0.6) is 11.5 Å². The maximum absolute atomic E-state index is 11.5. The van der Waals surface area contributed by atoms with Gasteiger partial charge in [-0.1, -0.05) is 19.8 Å². The summed E-state index contributed by atoms with van der Waals surface area (Å²) in [7, 11) is 1.65. The minimum absolute atomic E-state index is 0.638. The van der Waals surface area contributed by atoms with Crippen LogP contribution in [0.25, 0.3) is 22.2 Å². The van der Waals surface area contributed by atoms with E-state index in [2.05, 4.69) is 11.9 Å². The number of methoxy groups -OCH3 is 1. The quantitative estimate of drug-likeness (QED) is 0.452. The van der Waals surface area contributed by atoms with E-state index in [9.17, 15) is 4.79 Å². The van der Waals surface area contributed by atoms with Gasteiger partial charge in [-0.25, -0.2) is 0 Å². The lowest BCUT2D eigenvalue weighted by Crippen LogP contribution is -1.98. The second-order valence-corrected chi connectivity index (χ2v) is 6.06. The minimum atomic E-state index is 0.638. The van der Waals surface area contributed by atoms with Gasteiger partial charge in [-0.2, -0.15) is 0 Å². The van der Waals surface area contributed by atoms with Crippen molar-refractivity contribution in [2.75, 3.05) is 13.7 Å². The molecule has 1 N–H and O–H groups in total. The van der Waals surface area contributed by atoms with Gasteiger partial charge in [0.1, 0.15) is 11.5 Å². The number of unbranched alkanes of at least 4 members (excludes halogenated alkanes) is 2. The fourth-order valence-electron chi connectivity index (χ4n) is 2.89. The number of rotatable bonds is 8. The minimum Gasteiger partial charge on any atom is -0.497 e. The summed E-state index contributed by atoms with van der Waals surface area (Å²) in [6.07, 6.45) is 4.23. The largest absolute Gasteiger partial charge is 0.497 e. The standard InChI is InChI=1S/C21H23NO3/c1-3-4-5-10-25-18-7-6-15(14-23)19(13-18)21-12-16-11-17(24-2)8-9-20(16)22-21/h6-9,11-14,22H,3-5,10H2,1-2H3. The zero-order valence-corrected chi connectivity index (χ0v) is 14.7. The molecule has 3 aromatic rings. The number of nitrogens with one attached hydrogen (secondary N) is 1. The highest BCUT2D eigenvalue weighted by atomic mass is 16.5. The molecule has 0 aliphatic carbocycles. The summed E-state index contributed by atoms with van der Waals surface area (Å²) in [4.78, 5) is 14.8. The molecule has 0 amide bonds. The van der Waals surface area contributed by atoms with Gasteiger partial charge in [-0.15, -0.1) is 0 Å². The predicted molar refractivity (Wildman–Crippen MR) is 101 cm³/mol. The Morgan fingerprint density at radius 2 is 1.88 bits per heavy atom.